The summed E-state index contributed by atoms with van der Waals surface area (Å²) in [5, 5.41) is 0. The summed E-state index contributed by atoms with van der Waals surface area (Å²) in [4.78, 5) is 22.9. The highest BCUT2D eigenvalue weighted by Crippen LogP contribution is 2.38. The SMILES string of the molecule is C=C(C)C(=O)Oc1ccc(-c2ccc(OC(=O)C(=C)C)cc2)cc1.CCOc1ccc(-c2ccc(-c3ccc(CC)cc3)cc2)c(F)c1F.CCOc1ccc(-c2ccc(C3CCC(CC)CC3)cc2)c(F)c1F. The quantitative estimate of drug-likeness (QED) is 0.0441. The molecule has 1 aliphatic carbocycles. The first-order valence-corrected chi connectivity index (χ1v) is 25.1. The Morgan fingerprint density at radius 3 is 1.16 bits per heavy atom. The van der Waals surface area contributed by atoms with Crippen LogP contribution in [0.25, 0.3) is 44.5 Å². The molecule has 1 fully saturated rings. The van der Waals surface area contributed by atoms with Gasteiger partial charge in [0.2, 0.25) is 11.6 Å². The van der Waals surface area contributed by atoms with Crippen molar-refractivity contribution in [3.8, 4) is 67.5 Å². The van der Waals surface area contributed by atoms with Crippen molar-refractivity contribution in [3.05, 3.63) is 204 Å². The average Bonchev–Trinajstić information content (AvgIpc) is 3.42. The van der Waals surface area contributed by atoms with E-state index in [1.807, 2.05) is 48.5 Å². The number of carbonyl (C=O) groups excluding carboxylic acids is 2. The maximum atomic E-state index is 14.4. The first-order chi connectivity index (χ1) is 35.6. The Balaban J connectivity index is 0.000000181. The Bertz CT molecular complexity index is 2920. The first kappa shape index (κ1) is 55.6. The zero-order chi connectivity index (χ0) is 53.3. The third kappa shape index (κ3) is 14.7. The zero-order valence-electron chi connectivity index (χ0n) is 43.0. The Morgan fingerprint density at radius 1 is 0.459 bits per heavy atom. The summed E-state index contributed by atoms with van der Waals surface area (Å²) in [6, 6.07) is 44.1. The number of carbonyl (C=O) groups is 2. The number of ether oxygens (including phenoxy) is 4. The maximum absolute atomic E-state index is 14.4. The van der Waals surface area contributed by atoms with E-state index in [0.29, 0.717) is 52.9 Å². The zero-order valence-corrected chi connectivity index (χ0v) is 43.0. The second-order valence-electron chi connectivity index (χ2n) is 18.1. The molecule has 1 aliphatic rings. The van der Waals surface area contributed by atoms with Crippen molar-refractivity contribution in [2.45, 2.75) is 86.0 Å². The summed E-state index contributed by atoms with van der Waals surface area (Å²) in [7, 11) is 0. The summed E-state index contributed by atoms with van der Waals surface area (Å²) in [6.45, 7) is 18.7. The third-order valence-corrected chi connectivity index (χ3v) is 12.9. The molecule has 0 amide bonds. The van der Waals surface area contributed by atoms with E-state index in [4.69, 9.17) is 18.9 Å². The Morgan fingerprint density at radius 2 is 0.811 bits per heavy atom. The van der Waals surface area contributed by atoms with Crippen LogP contribution in [-0.2, 0) is 16.0 Å². The van der Waals surface area contributed by atoms with Crippen LogP contribution in [0.15, 0.2) is 170 Å². The summed E-state index contributed by atoms with van der Waals surface area (Å²) >= 11 is 0. The Hall–Kier alpha value is -7.72. The lowest BCUT2D eigenvalue weighted by molar-refractivity contribution is -0.130. The van der Waals surface area contributed by atoms with Crippen molar-refractivity contribution in [1.82, 2.24) is 0 Å². The van der Waals surface area contributed by atoms with Crippen LogP contribution in [0.1, 0.15) is 90.7 Å². The number of benzene rings is 7. The van der Waals surface area contributed by atoms with Gasteiger partial charge in [0.15, 0.2) is 23.1 Å². The molecular weight excluding hydrogens is 941 g/mol. The number of hydrogen-bond donors (Lipinski definition) is 0. The molecule has 0 unspecified atom stereocenters. The largest absolute Gasteiger partial charge is 0.491 e. The van der Waals surface area contributed by atoms with Crippen LogP contribution >= 0.6 is 0 Å². The maximum Gasteiger partial charge on any atom is 0.338 e. The molecule has 384 valence electrons. The van der Waals surface area contributed by atoms with Crippen molar-refractivity contribution in [3.63, 3.8) is 0 Å². The van der Waals surface area contributed by atoms with Gasteiger partial charge in [-0.2, -0.15) is 8.78 Å². The fraction of sp³-hybridized carbons (Fsp3) is 0.250. The van der Waals surface area contributed by atoms with E-state index < -0.39 is 35.2 Å². The molecule has 0 aromatic heterocycles. The van der Waals surface area contributed by atoms with Crippen molar-refractivity contribution < 1.29 is 46.1 Å². The topological polar surface area (TPSA) is 71.1 Å². The van der Waals surface area contributed by atoms with Crippen LogP contribution in [0.3, 0.4) is 0 Å². The van der Waals surface area contributed by atoms with Crippen molar-refractivity contribution >= 4 is 11.9 Å². The van der Waals surface area contributed by atoms with E-state index in [1.165, 1.54) is 55.4 Å². The van der Waals surface area contributed by atoms with E-state index in [9.17, 15) is 27.2 Å². The number of rotatable bonds is 15. The normalized spacial score (nSPS) is 13.8. The fourth-order valence-electron chi connectivity index (χ4n) is 8.48. The predicted molar refractivity (Wildman–Crippen MR) is 289 cm³/mol. The van der Waals surface area contributed by atoms with Crippen molar-refractivity contribution in [2.75, 3.05) is 13.2 Å². The van der Waals surface area contributed by atoms with Gasteiger partial charge in [0, 0.05) is 22.3 Å². The van der Waals surface area contributed by atoms with Gasteiger partial charge in [-0.05, 0) is 165 Å². The molecule has 0 aliphatic heterocycles. The lowest BCUT2D eigenvalue weighted by atomic mass is 9.77. The monoisotopic (exact) mass is 1000 g/mol. The molecule has 1 saturated carbocycles. The molecule has 0 spiro atoms. The molecule has 0 saturated heterocycles. The standard InChI is InChI=1S/C22H26F2O.C22H20F2O.C20H18O4/c2*1-3-15-5-7-16(8-6-15)17-9-11-18(12-10-17)19-13-14-20(25-4-2)22(24)21(19)23;1-13(2)19(21)23-17-9-5-15(6-10-17)16-7-11-18(12-8-16)24-20(22)14(3)4/h9-16H,3-8H2,1-2H3;5-14H,3-4H2,1-2H3;5-12H,1,3H2,2,4H3. The second-order valence-corrected chi connectivity index (χ2v) is 18.1. The molecule has 0 radical (unpaired) electrons. The first-order valence-electron chi connectivity index (χ1n) is 25.1. The molecule has 0 bridgehead atoms. The average molecular weight is 1010 g/mol. The van der Waals surface area contributed by atoms with Crippen molar-refractivity contribution in [2.24, 2.45) is 5.92 Å². The molecule has 74 heavy (non-hydrogen) atoms. The molecule has 0 N–H and O–H groups in total. The van der Waals surface area contributed by atoms with E-state index in [-0.39, 0.29) is 22.6 Å². The van der Waals surface area contributed by atoms with Gasteiger partial charge in [-0.15, -0.1) is 0 Å². The molecule has 7 aromatic carbocycles. The molecule has 6 nitrogen and oxygen atoms in total. The van der Waals surface area contributed by atoms with Crippen molar-refractivity contribution in [1.29, 1.82) is 0 Å². The van der Waals surface area contributed by atoms with Gasteiger partial charge in [0.1, 0.15) is 11.5 Å². The number of esters is 2. The summed E-state index contributed by atoms with van der Waals surface area (Å²) < 4.78 is 77.3. The van der Waals surface area contributed by atoms with Gasteiger partial charge in [0.05, 0.1) is 13.2 Å². The van der Waals surface area contributed by atoms with Crippen LogP contribution in [0.2, 0.25) is 0 Å². The highest BCUT2D eigenvalue weighted by Gasteiger charge is 2.22. The van der Waals surface area contributed by atoms with Gasteiger partial charge in [-0.3, -0.25) is 0 Å². The predicted octanol–water partition coefficient (Wildman–Crippen LogP) is 17.3. The van der Waals surface area contributed by atoms with Crippen LogP contribution < -0.4 is 18.9 Å². The number of halogens is 4. The lowest BCUT2D eigenvalue weighted by Crippen LogP contribution is -2.12. The molecular formula is C64H64F4O6. The summed E-state index contributed by atoms with van der Waals surface area (Å²) in [6.07, 6.45) is 7.31. The highest BCUT2D eigenvalue weighted by molar-refractivity contribution is 5.89. The Labute approximate surface area is 433 Å². The van der Waals surface area contributed by atoms with Crippen LogP contribution in [0, 0.1) is 29.2 Å². The summed E-state index contributed by atoms with van der Waals surface area (Å²) in [5.74, 6) is -2.21. The highest BCUT2D eigenvalue weighted by atomic mass is 19.2. The van der Waals surface area contributed by atoms with Gasteiger partial charge in [-0.1, -0.05) is 130 Å². The molecule has 8 rings (SSSR count). The molecule has 0 atom stereocenters. The van der Waals surface area contributed by atoms with E-state index in [1.54, 1.807) is 76.2 Å². The minimum Gasteiger partial charge on any atom is -0.491 e. The minimum absolute atomic E-state index is 0.0342. The van der Waals surface area contributed by atoms with Crippen LogP contribution in [0.4, 0.5) is 17.6 Å². The Kier molecular flexibility index (Phi) is 20.2. The van der Waals surface area contributed by atoms with Crippen LogP contribution in [-0.4, -0.2) is 25.2 Å². The second kappa shape index (κ2) is 26.8. The van der Waals surface area contributed by atoms with E-state index in [2.05, 4.69) is 63.4 Å². The van der Waals surface area contributed by atoms with Crippen LogP contribution in [0.5, 0.6) is 23.0 Å². The van der Waals surface area contributed by atoms with Gasteiger partial charge in [0.25, 0.3) is 0 Å². The van der Waals surface area contributed by atoms with Gasteiger partial charge >= 0.3 is 11.9 Å². The van der Waals surface area contributed by atoms with Gasteiger partial charge < -0.3 is 18.9 Å². The summed E-state index contributed by atoms with van der Waals surface area (Å²) in [5.41, 5.74) is 9.16. The van der Waals surface area contributed by atoms with E-state index in [0.717, 1.165) is 34.6 Å². The number of hydrogen-bond acceptors (Lipinski definition) is 6. The van der Waals surface area contributed by atoms with E-state index >= 15 is 0 Å². The van der Waals surface area contributed by atoms with Gasteiger partial charge in [-0.25, -0.2) is 18.4 Å². The lowest BCUT2D eigenvalue weighted by Gasteiger charge is -2.28. The smallest absolute Gasteiger partial charge is 0.338 e. The number of aryl methyl sites for hydroxylation is 1. The fourth-order valence-corrected chi connectivity index (χ4v) is 8.48. The molecule has 0 heterocycles. The molecule has 7 aromatic rings. The third-order valence-electron chi connectivity index (χ3n) is 12.9. The minimum atomic E-state index is -0.946. The molecule has 10 heteroatoms.